The summed E-state index contributed by atoms with van der Waals surface area (Å²) in [5.41, 5.74) is 5.80. The highest BCUT2D eigenvalue weighted by atomic mass is 16.4. The molecule has 0 saturated heterocycles. The Labute approximate surface area is 88.4 Å². The van der Waals surface area contributed by atoms with Crippen LogP contribution in [0.15, 0.2) is 6.07 Å². The number of rotatable bonds is 2. The zero-order valence-electron chi connectivity index (χ0n) is 9.11. The predicted octanol–water partition coefficient (Wildman–Crippen LogP) is 0.983. The molecule has 1 rings (SSSR count). The molecule has 0 amide bonds. The molecule has 82 valence electrons. The lowest BCUT2D eigenvalue weighted by Crippen LogP contribution is -2.18. The summed E-state index contributed by atoms with van der Waals surface area (Å²) < 4.78 is 0. The normalized spacial score (nSPS) is 11.4. The maximum Gasteiger partial charge on any atom is 0.309 e. The van der Waals surface area contributed by atoms with Crippen molar-refractivity contribution in [2.45, 2.75) is 32.6 Å². The van der Waals surface area contributed by atoms with Gasteiger partial charge >= 0.3 is 5.97 Å². The molecule has 1 aromatic rings. The molecule has 0 unspecified atom stereocenters. The number of nitrogens with zero attached hydrogens (tertiary/aromatic N) is 2. The molecule has 0 fully saturated rings. The average molecular weight is 209 g/mol. The number of nitrogens with two attached hydrogens (primary N) is 1. The molecule has 1 aromatic heterocycles. The molecule has 5 nitrogen and oxygen atoms in total. The van der Waals surface area contributed by atoms with Crippen molar-refractivity contribution in [1.29, 1.82) is 0 Å². The third kappa shape index (κ3) is 3.19. The van der Waals surface area contributed by atoms with Gasteiger partial charge < -0.3 is 10.8 Å². The van der Waals surface area contributed by atoms with Gasteiger partial charge in [-0.1, -0.05) is 20.8 Å². The predicted molar refractivity (Wildman–Crippen MR) is 56.5 cm³/mol. The lowest BCUT2D eigenvalue weighted by atomic mass is 9.95. The van der Waals surface area contributed by atoms with Gasteiger partial charge in [-0.2, -0.15) is 0 Å². The molecule has 0 aromatic carbocycles. The van der Waals surface area contributed by atoms with Crippen molar-refractivity contribution in [1.82, 2.24) is 9.97 Å². The van der Waals surface area contributed by atoms with Crippen LogP contribution in [0, 0.1) is 0 Å². The van der Waals surface area contributed by atoms with Gasteiger partial charge in [-0.3, -0.25) is 4.79 Å². The van der Waals surface area contributed by atoms with Crippen LogP contribution in [0.1, 0.15) is 32.3 Å². The molecular weight excluding hydrogens is 194 g/mol. The van der Waals surface area contributed by atoms with Gasteiger partial charge in [0.15, 0.2) is 0 Å². The van der Waals surface area contributed by atoms with Gasteiger partial charge in [-0.15, -0.1) is 0 Å². The van der Waals surface area contributed by atoms with Crippen molar-refractivity contribution in [3.63, 3.8) is 0 Å². The molecule has 0 atom stereocenters. The fraction of sp³-hybridized carbons (Fsp3) is 0.500. The van der Waals surface area contributed by atoms with E-state index in [1.807, 2.05) is 20.8 Å². The molecule has 1 heterocycles. The molecule has 0 saturated carbocycles. The van der Waals surface area contributed by atoms with Crippen molar-refractivity contribution >= 4 is 11.8 Å². The van der Waals surface area contributed by atoms with Crippen LogP contribution in [0.2, 0.25) is 0 Å². The molecule has 0 aliphatic carbocycles. The zero-order valence-corrected chi connectivity index (χ0v) is 9.11. The Kier molecular flexibility index (Phi) is 2.93. The first-order valence-corrected chi connectivity index (χ1v) is 4.65. The van der Waals surface area contributed by atoms with Gasteiger partial charge in [0.1, 0.15) is 11.6 Å². The van der Waals surface area contributed by atoms with E-state index in [0.717, 1.165) is 0 Å². The van der Waals surface area contributed by atoms with Crippen LogP contribution in [0.25, 0.3) is 0 Å². The van der Waals surface area contributed by atoms with E-state index in [2.05, 4.69) is 9.97 Å². The Morgan fingerprint density at radius 1 is 1.47 bits per heavy atom. The van der Waals surface area contributed by atoms with E-state index in [4.69, 9.17) is 10.8 Å². The van der Waals surface area contributed by atoms with Crippen LogP contribution >= 0.6 is 0 Å². The number of carboxylic acid groups (broad SMARTS) is 1. The van der Waals surface area contributed by atoms with E-state index in [1.165, 1.54) is 6.07 Å². The van der Waals surface area contributed by atoms with Crippen molar-refractivity contribution in [2.24, 2.45) is 0 Å². The highest BCUT2D eigenvalue weighted by Crippen LogP contribution is 2.19. The Balaban J connectivity index is 3.11. The minimum Gasteiger partial charge on any atom is -0.481 e. The first-order chi connectivity index (χ1) is 6.79. The van der Waals surface area contributed by atoms with E-state index >= 15 is 0 Å². The minimum absolute atomic E-state index is 0.129. The van der Waals surface area contributed by atoms with Gasteiger partial charge in [0.2, 0.25) is 0 Å². The number of hydrogen-bond donors (Lipinski definition) is 2. The summed E-state index contributed by atoms with van der Waals surface area (Å²) in [5.74, 6) is -0.0436. The number of hydrogen-bond acceptors (Lipinski definition) is 4. The Morgan fingerprint density at radius 3 is 2.53 bits per heavy atom. The van der Waals surface area contributed by atoms with Crippen LogP contribution < -0.4 is 5.73 Å². The van der Waals surface area contributed by atoms with Crippen molar-refractivity contribution < 1.29 is 9.90 Å². The maximum absolute atomic E-state index is 10.5. The largest absolute Gasteiger partial charge is 0.481 e. The Morgan fingerprint density at radius 2 is 2.07 bits per heavy atom. The number of carbonyl (C=O) groups is 1. The van der Waals surface area contributed by atoms with Crippen LogP contribution in [0.5, 0.6) is 0 Å². The second kappa shape index (κ2) is 3.84. The number of aliphatic carboxylic acids is 1. The summed E-state index contributed by atoms with van der Waals surface area (Å²) in [6.45, 7) is 5.85. The molecule has 15 heavy (non-hydrogen) atoms. The fourth-order valence-electron chi connectivity index (χ4n) is 1.10. The Bertz CT molecular complexity index is 383. The summed E-state index contributed by atoms with van der Waals surface area (Å²) in [4.78, 5) is 18.8. The van der Waals surface area contributed by atoms with E-state index in [9.17, 15) is 4.79 Å². The smallest absolute Gasteiger partial charge is 0.309 e. The van der Waals surface area contributed by atoms with Gasteiger partial charge in [0, 0.05) is 11.5 Å². The molecular formula is C10H15N3O2. The SMILES string of the molecule is CC(C)(C)c1nc(N)cc(CC(=O)O)n1. The molecule has 0 bridgehead atoms. The van der Waals surface area contributed by atoms with Gasteiger partial charge in [-0.25, -0.2) is 9.97 Å². The molecule has 3 N–H and O–H groups in total. The first-order valence-electron chi connectivity index (χ1n) is 4.65. The lowest BCUT2D eigenvalue weighted by Gasteiger charge is -2.17. The summed E-state index contributed by atoms with van der Waals surface area (Å²) in [5, 5.41) is 8.65. The van der Waals surface area contributed by atoms with Crippen molar-refractivity contribution in [3.8, 4) is 0 Å². The summed E-state index contributed by atoms with van der Waals surface area (Å²) >= 11 is 0. The van der Waals surface area contributed by atoms with Crippen molar-refractivity contribution in [3.05, 3.63) is 17.6 Å². The summed E-state index contributed by atoms with van der Waals surface area (Å²) in [6, 6.07) is 1.49. The molecule has 0 aliphatic rings. The topological polar surface area (TPSA) is 89.1 Å². The molecule has 0 radical (unpaired) electrons. The van der Waals surface area contributed by atoms with E-state index < -0.39 is 5.97 Å². The monoisotopic (exact) mass is 209 g/mol. The summed E-state index contributed by atoms with van der Waals surface area (Å²) in [6.07, 6.45) is -0.129. The van der Waals surface area contributed by atoms with Crippen LogP contribution in [-0.4, -0.2) is 21.0 Å². The number of aromatic nitrogens is 2. The quantitative estimate of drug-likeness (QED) is 0.758. The molecule has 0 aliphatic heterocycles. The van der Waals surface area contributed by atoms with Crippen molar-refractivity contribution in [2.75, 3.05) is 5.73 Å². The van der Waals surface area contributed by atoms with E-state index in [0.29, 0.717) is 17.3 Å². The number of nitrogen functional groups attached to an aromatic ring is 1. The maximum atomic E-state index is 10.5. The second-order valence-electron chi connectivity index (χ2n) is 4.43. The number of carboxylic acids is 1. The minimum atomic E-state index is -0.923. The van der Waals surface area contributed by atoms with Crippen LogP contribution in [0.3, 0.4) is 0 Å². The summed E-state index contributed by atoms with van der Waals surface area (Å²) in [7, 11) is 0. The number of anilines is 1. The second-order valence-corrected chi connectivity index (χ2v) is 4.43. The third-order valence-corrected chi connectivity index (χ3v) is 1.80. The zero-order chi connectivity index (χ0) is 11.6. The highest BCUT2D eigenvalue weighted by Gasteiger charge is 2.19. The average Bonchev–Trinajstić information content (AvgIpc) is 1.99. The first kappa shape index (κ1) is 11.4. The van der Waals surface area contributed by atoms with Gasteiger partial charge in [0.05, 0.1) is 12.1 Å². The van der Waals surface area contributed by atoms with Gasteiger partial charge in [0.25, 0.3) is 0 Å². The third-order valence-electron chi connectivity index (χ3n) is 1.80. The fourth-order valence-corrected chi connectivity index (χ4v) is 1.10. The van der Waals surface area contributed by atoms with Crippen LogP contribution in [-0.2, 0) is 16.6 Å². The standard InChI is InChI=1S/C10H15N3O2/c1-10(2,3)9-12-6(5-8(14)15)4-7(11)13-9/h4H,5H2,1-3H3,(H,14,15)(H2,11,12,13). The lowest BCUT2D eigenvalue weighted by molar-refractivity contribution is -0.136. The van der Waals surface area contributed by atoms with E-state index in [1.54, 1.807) is 0 Å². The van der Waals surface area contributed by atoms with E-state index in [-0.39, 0.29) is 11.8 Å². The van der Waals surface area contributed by atoms with Crippen LogP contribution in [0.4, 0.5) is 5.82 Å². The highest BCUT2D eigenvalue weighted by molar-refractivity contribution is 5.69. The molecule has 5 heteroatoms. The van der Waals surface area contributed by atoms with Gasteiger partial charge in [-0.05, 0) is 0 Å². The Hall–Kier alpha value is -1.65. The molecule has 0 spiro atoms.